The minimum absolute atomic E-state index is 0.135. The summed E-state index contributed by atoms with van der Waals surface area (Å²) < 4.78 is 21.6. The average Bonchev–Trinajstić information content (AvgIpc) is 2.85. The van der Waals surface area contributed by atoms with Crippen molar-refractivity contribution in [3.63, 3.8) is 0 Å². The summed E-state index contributed by atoms with van der Waals surface area (Å²) in [5.41, 5.74) is 2.66. The van der Waals surface area contributed by atoms with Crippen molar-refractivity contribution in [2.24, 2.45) is 0 Å². The molecule has 1 amide bonds. The van der Waals surface area contributed by atoms with Gasteiger partial charge in [-0.25, -0.2) is 4.39 Å². The van der Waals surface area contributed by atoms with Gasteiger partial charge >= 0.3 is 0 Å². The maximum Gasteiger partial charge on any atom is 0.259 e. The molecule has 0 spiro atoms. The van der Waals surface area contributed by atoms with Gasteiger partial charge in [0.25, 0.3) is 5.91 Å². The van der Waals surface area contributed by atoms with Gasteiger partial charge in [0.1, 0.15) is 11.4 Å². The van der Waals surface area contributed by atoms with Gasteiger partial charge in [0, 0.05) is 56.6 Å². The van der Waals surface area contributed by atoms with Crippen molar-refractivity contribution in [3.05, 3.63) is 98.2 Å². The van der Waals surface area contributed by atoms with Crippen LogP contribution >= 0.6 is 11.6 Å². The third kappa shape index (κ3) is 5.41. The minimum Gasteiger partial charge on any atom is -0.378 e. The lowest BCUT2D eigenvalue weighted by Gasteiger charge is -2.36. The number of pyridine rings is 1. The Hall–Kier alpha value is -3.16. The monoisotopic (exact) mass is 497 g/mol. The second-order valence-electron chi connectivity index (χ2n) is 8.63. The van der Waals surface area contributed by atoms with Crippen LogP contribution in [-0.4, -0.2) is 48.7 Å². The van der Waals surface area contributed by atoms with Gasteiger partial charge in [-0.1, -0.05) is 41.9 Å². The smallest absolute Gasteiger partial charge is 0.259 e. The molecule has 1 fully saturated rings. The molecule has 8 heteroatoms. The van der Waals surface area contributed by atoms with Crippen molar-refractivity contribution in [2.75, 3.05) is 38.2 Å². The van der Waals surface area contributed by atoms with E-state index in [1.807, 2.05) is 40.7 Å². The van der Waals surface area contributed by atoms with E-state index in [9.17, 15) is 14.0 Å². The number of aromatic nitrogens is 1. The van der Waals surface area contributed by atoms with Gasteiger partial charge in [-0.15, -0.1) is 0 Å². The Bertz CT molecular complexity index is 1270. The Labute approximate surface area is 209 Å². The third-order valence-electron chi connectivity index (χ3n) is 6.44. The van der Waals surface area contributed by atoms with E-state index in [-0.39, 0.29) is 29.3 Å². The van der Waals surface area contributed by atoms with Crippen LogP contribution in [0.5, 0.6) is 0 Å². The molecule has 1 aliphatic heterocycles. The molecule has 184 valence electrons. The molecule has 2 aromatic carbocycles. The van der Waals surface area contributed by atoms with Gasteiger partial charge in [-0.05, 0) is 37.1 Å². The fourth-order valence-corrected chi connectivity index (χ4v) is 4.84. The molecule has 0 unspecified atom stereocenters. The first kappa shape index (κ1) is 24.9. The number of nitrogens with zero attached hydrogens (tertiary/aromatic N) is 3. The molecule has 1 aromatic heterocycles. The number of halogens is 2. The highest BCUT2D eigenvalue weighted by atomic mass is 35.5. The Morgan fingerprint density at radius 3 is 2.43 bits per heavy atom. The van der Waals surface area contributed by atoms with Crippen molar-refractivity contribution in [1.29, 1.82) is 0 Å². The van der Waals surface area contributed by atoms with Crippen LogP contribution in [0.15, 0.2) is 59.4 Å². The Kier molecular flexibility index (Phi) is 7.88. The van der Waals surface area contributed by atoms with Crippen LogP contribution in [0.1, 0.15) is 27.3 Å². The number of hydrogen-bond donors (Lipinski definition) is 0. The Morgan fingerprint density at radius 2 is 1.74 bits per heavy atom. The lowest BCUT2D eigenvalue weighted by Crippen LogP contribution is -2.50. The molecule has 3 aromatic rings. The van der Waals surface area contributed by atoms with Crippen LogP contribution in [0.25, 0.3) is 0 Å². The van der Waals surface area contributed by atoms with Crippen molar-refractivity contribution in [2.45, 2.75) is 26.5 Å². The average molecular weight is 498 g/mol. The zero-order valence-corrected chi connectivity index (χ0v) is 20.7. The first-order chi connectivity index (χ1) is 16.9. The number of para-hydroxylation sites is 1. The summed E-state index contributed by atoms with van der Waals surface area (Å²) in [6, 6.07) is 15.8. The van der Waals surface area contributed by atoms with E-state index in [1.54, 1.807) is 30.2 Å². The first-order valence-electron chi connectivity index (χ1n) is 11.6. The third-order valence-corrected chi connectivity index (χ3v) is 6.81. The molecule has 2 heterocycles. The van der Waals surface area contributed by atoms with Crippen molar-refractivity contribution in [1.82, 2.24) is 9.47 Å². The number of piperazine rings is 1. The molecule has 0 saturated carbocycles. The molecule has 0 N–H and O–H groups in total. The summed E-state index contributed by atoms with van der Waals surface area (Å²) >= 11 is 6.33. The van der Waals surface area contributed by atoms with E-state index in [4.69, 9.17) is 16.3 Å². The lowest BCUT2D eigenvalue weighted by molar-refractivity contribution is 0.0738. The summed E-state index contributed by atoms with van der Waals surface area (Å²) in [7, 11) is 1.55. The minimum atomic E-state index is -0.318. The second kappa shape index (κ2) is 11.1. The van der Waals surface area contributed by atoms with Crippen LogP contribution in [0.4, 0.5) is 10.1 Å². The number of carbonyl (C=O) groups is 1. The van der Waals surface area contributed by atoms with Crippen LogP contribution in [0.2, 0.25) is 5.02 Å². The largest absolute Gasteiger partial charge is 0.378 e. The highest BCUT2D eigenvalue weighted by Gasteiger charge is 2.28. The number of hydrogen-bond acceptors (Lipinski definition) is 4. The summed E-state index contributed by atoms with van der Waals surface area (Å²) in [6.45, 7) is 4.30. The van der Waals surface area contributed by atoms with E-state index < -0.39 is 0 Å². The number of methoxy groups -OCH3 is 1. The fourth-order valence-electron chi connectivity index (χ4n) is 4.61. The number of benzene rings is 2. The van der Waals surface area contributed by atoms with Gasteiger partial charge < -0.3 is 19.1 Å². The molecule has 35 heavy (non-hydrogen) atoms. The van der Waals surface area contributed by atoms with Crippen molar-refractivity contribution < 1.29 is 13.9 Å². The number of ether oxygens (including phenoxy) is 1. The summed E-state index contributed by atoms with van der Waals surface area (Å²) in [4.78, 5) is 30.2. The summed E-state index contributed by atoms with van der Waals surface area (Å²) in [6.07, 6.45) is 0.648. The Morgan fingerprint density at radius 1 is 1.06 bits per heavy atom. The second-order valence-corrected chi connectivity index (χ2v) is 9.04. The molecule has 6 nitrogen and oxygen atoms in total. The van der Waals surface area contributed by atoms with Crippen molar-refractivity contribution in [3.8, 4) is 0 Å². The van der Waals surface area contributed by atoms with E-state index in [1.165, 1.54) is 12.1 Å². The lowest BCUT2D eigenvalue weighted by atomic mass is 10.1. The van der Waals surface area contributed by atoms with Crippen LogP contribution < -0.4 is 10.3 Å². The van der Waals surface area contributed by atoms with E-state index in [2.05, 4.69) is 0 Å². The molecule has 0 aliphatic carbocycles. The number of amides is 1. The van der Waals surface area contributed by atoms with Crippen LogP contribution in [-0.2, 0) is 24.3 Å². The number of anilines is 1. The van der Waals surface area contributed by atoms with Crippen molar-refractivity contribution >= 4 is 23.2 Å². The topological polar surface area (TPSA) is 54.8 Å². The molecule has 0 radical (unpaired) electrons. The maximum atomic E-state index is 14.2. The van der Waals surface area contributed by atoms with Gasteiger partial charge in [-0.3, -0.25) is 9.59 Å². The maximum absolute atomic E-state index is 14.2. The highest BCUT2D eigenvalue weighted by molar-refractivity contribution is 6.31. The van der Waals surface area contributed by atoms with Crippen LogP contribution in [0, 0.1) is 12.7 Å². The van der Waals surface area contributed by atoms with E-state index >= 15 is 0 Å². The predicted molar refractivity (Wildman–Crippen MR) is 136 cm³/mol. The number of aryl methyl sites for hydroxylation is 2. The molecule has 1 saturated heterocycles. The van der Waals surface area contributed by atoms with E-state index in [0.29, 0.717) is 55.5 Å². The Balaban J connectivity index is 1.58. The van der Waals surface area contributed by atoms with Crippen LogP contribution in [0.3, 0.4) is 0 Å². The highest BCUT2D eigenvalue weighted by Crippen LogP contribution is 2.22. The van der Waals surface area contributed by atoms with Gasteiger partial charge in [0.2, 0.25) is 0 Å². The van der Waals surface area contributed by atoms with Gasteiger partial charge in [0.15, 0.2) is 5.43 Å². The zero-order chi connectivity index (χ0) is 24.9. The normalized spacial score (nSPS) is 13.8. The summed E-state index contributed by atoms with van der Waals surface area (Å²) in [5.74, 6) is -0.601. The SMILES string of the molecule is COCc1c(C(=O)N2CCN(c3ccccc3F)CC2)c(=O)cc(C)n1CCc1ccccc1Cl. The number of rotatable bonds is 7. The number of carbonyl (C=O) groups excluding carboxylic acids is 1. The molecular weight excluding hydrogens is 469 g/mol. The standard InChI is InChI=1S/C27H29ClFN3O3/c1-19-17-25(33)26(24(18-35-2)32(19)12-11-20-7-3-4-8-21(20)28)27(34)31-15-13-30(14-16-31)23-10-6-5-9-22(23)29/h3-10,17H,11-16,18H2,1-2H3. The van der Waals surface area contributed by atoms with Gasteiger partial charge in [-0.2, -0.15) is 0 Å². The molecular formula is C27H29ClFN3O3. The summed E-state index contributed by atoms with van der Waals surface area (Å²) in [5, 5.41) is 0.684. The first-order valence-corrected chi connectivity index (χ1v) is 12.0. The molecule has 0 bridgehead atoms. The molecule has 4 rings (SSSR count). The fraction of sp³-hybridized carbons (Fsp3) is 0.333. The van der Waals surface area contributed by atoms with E-state index in [0.717, 1.165) is 11.3 Å². The molecule has 1 aliphatic rings. The quantitative estimate of drug-likeness (QED) is 0.488. The van der Waals surface area contributed by atoms with Gasteiger partial charge in [0.05, 0.1) is 18.0 Å². The zero-order valence-electron chi connectivity index (χ0n) is 20.0. The predicted octanol–water partition coefficient (Wildman–Crippen LogP) is 4.30. The molecule has 0 atom stereocenters.